The number of ether oxygens (including phenoxy) is 2. The Labute approximate surface area is 167 Å². The number of nitrogens with one attached hydrogen (secondary N) is 1. The molecule has 1 saturated heterocycles. The Morgan fingerprint density at radius 1 is 1.07 bits per heavy atom. The van der Waals surface area contributed by atoms with E-state index in [1.54, 1.807) is 24.3 Å². The van der Waals surface area contributed by atoms with Gasteiger partial charge in [-0.1, -0.05) is 12.2 Å². The van der Waals surface area contributed by atoms with E-state index < -0.39 is 25.0 Å². The van der Waals surface area contributed by atoms with E-state index in [-0.39, 0.29) is 35.5 Å². The van der Waals surface area contributed by atoms with Crippen molar-refractivity contribution in [1.82, 2.24) is 4.90 Å². The lowest BCUT2D eigenvalue weighted by atomic mass is 9.85. The van der Waals surface area contributed by atoms with Gasteiger partial charge in [0.2, 0.25) is 11.8 Å². The molecule has 1 heterocycles. The van der Waals surface area contributed by atoms with Crippen LogP contribution in [0.2, 0.25) is 0 Å². The van der Waals surface area contributed by atoms with Gasteiger partial charge < -0.3 is 14.8 Å². The highest BCUT2D eigenvalue weighted by Crippen LogP contribution is 2.52. The lowest BCUT2D eigenvalue weighted by Crippen LogP contribution is -2.38. The Bertz CT molecular complexity index is 848. The van der Waals surface area contributed by atoms with Crippen LogP contribution >= 0.6 is 0 Å². The second-order valence-corrected chi connectivity index (χ2v) is 7.43. The SMILES string of the molecule is CCOc1ccc(NC(=O)COC(=O)CN2C(=O)[C@@H]3[C@@H](C2=O)[C@H]2C=C[C@H]3C2)cc1. The lowest BCUT2D eigenvalue weighted by molar-refractivity contribution is -0.154. The number of hydrogen-bond acceptors (Lipinski definition) is 6. The van der Waals surface area contributed by atoms with Crippen molar-refractivity contribution in [1.29, 1.82) is 0 Å². The molecule has 152 valence electrons. The molecule has 2 fully saturated rings. The molecule has 2 bridgehead atoms. The zero-order valence-electron chi connectivity index (χ0n) is 16.0. The predicted octanol–water partition coefficient (Wildman–Crippen LogP) is 1.37. The van der Waals surface area contributed by atoms with E-state index in [2.05, 4.69) is 5.32 Å². The number of esters is 1. The summed E-state index contributed by atoms with van der Waals surface area (Å²) in [6, 6.07) is 6.78. The van der Waals surface area contributed by atoms with E-state index >= 15 is 0 Å². The largest absolute Gasteiger partial charge is 0.494 e. The summed E-state index contributed by atoms with van der Waals surface area (Å²) in [4.78, 5) is 50.1. The summed E-state index contributed by atoms with van der Waals surface area (Å²) in [7, 11) is 0. The summed E-state index contributed by atoms with van der Waals surface area (Å²) in [6.45, 7) is 1.46. The van der Waals surface area contributed by atoms with Gasteiger partial charge in [-0.3, -0.25) is 24.1 Å². The van der Waals surface area contributed by atoms with Gasteiger partial charge in [-0.15, -0.1) is 0 Å². The molecule has 29 heavy (non-hydrogen) atoms. The van der Waals surface area contributed by atoms with Crippen molar-refractivity contribution in [3.8, 4) is 5.75 Å². The van der Waals surface area contributed by atoms with E-state index in [4.69, 9.17) is 9.47 Å². The normalized spacial score (nSPS) is 26.6. The first-order chi connectivity index (χ1) is 14.0. The average molecular weight is 398 g/mol. The highest BCUT2D eigenvalue weighted by atomic mass is 16.5. The Hall–Kier alpha value is -3.16. The monoisotopic (exact) mass is 398 g/mol. The molecule has 1 aromatic carbocycles. The number of carbonyl (C=O) groups is 4. The fourth-order valence-electron chi connectivity index (χ4n) is 4.44. The minimum absolute atomic E-state index is 0.0855. The molecule has 3 aliphatic rings. The van der Waals surface area contributed by atoms with Crippen molar-refractivity contribution >= 4 is 29.4 Å². The summed E-state index contributed by atoms with van der Waals surface area (Å²) in [5.41, 5.74) is 0.537. The van der Waals surface area contributed by atoms with Crippen LogP contribution in [0, 0.1) is 23.7 Å². The molecule has 0 spiro atoms. The average Bonchev–Trinajstić information content (AvgIpc) is 3.38. The molecule has 3 amide bonds. The number of likely N-dealkylation sites (tertiary alicyclic amines) is 1. The molecule has 0 unspecified atom stereocenters. The van der Waals surface area contributed by atoms with Crippen molar-refractivity contribution in [2.24, 2.45) is 23.7 Å². The summed E-state index contributed by atoms with van der Waals surface area (Å²) < 4.78 is 10.3. The number of allylic oxidation sites excluding steroid dienone is 2. The van der Waals surface area contributed by atoms with Crippen LogP contribution in [-0.4, -0.2) is 48.3 Å². The predicted molar refractivity (Wildman–Crippen MR) is 102 cm³/mol. The van der Waals surface area contributed by atoms with E-state index in [9.17, 15) is 19.2 Å². The lowest BCUT2D eigenvalue weighted by Gasteiger charge is -2.16. The molecule has 0 radical (unpaired) electrons. The topological polar surface area (TPSA) is 102 Å². The number of amides is 3. The van der Waals surface area contributed by atoms with E-state index in [1.807, 2.05) is 19.1 Å². The molecule has 1 aromatic rings. The number of rotatable bonds is 7. The highest BCUT2D eigenvalue weighted by molar-refractivity contribution is 6.08. The standard InChI is InChI=1S/C21H22N2O6/c1-2-28-15-7-5-14(6-8-15)22-16(24)11-29-17(25)10-23-20(26)18-12-3-4-13(9-12)19(18)21(23)27/h3-8,12-13,18-19H,2,9-11H2,1H3,(H,22,24)/t12-,13-,18-,19-/m0/s1. The van der Waals surface area contributed by atoms with Gasteiger partial charge in [0.25, 0.3) is 5.91 Å². The third kappa shape index (κ3) is 3.62. The minimum atomic E-state index is -0.783. The van der Waals surface area contributed by atoms with Crippen LogP contribution < -0.4 is 10.1 Å². The van der Waals surface area contributed by atoms with Crippen molar-refractivity contribution in [3.05, 3.63) is 36.4 Å². The fourth-order valence-corrected chi connectivity index (χ4v) is 4.44. The van der Waals surface area contributed by atoms with Crippen molar-refractivity contribution < 1.29 is 28.7 Å². The minimum Gasteiger partial charge on any atom is -0.494 e. The molecular formula is C21H22N2O6. The summed E-state index contributed by atoms with van der Waals surface area (Å²) in [5, 5.41) is 2.60. The second kappa shape index (κ2) is 7.69. The molecule has 8 heteroatoms. The Morgan fingerprint density at radius 2 is 1.69 bits per heavy atom. The highest BCUT2D eigenvalue weighted by Gasteiger charge is 2.59. The third-order valence-corrected chi connectivity index (χ3v) is 5.66. The van der Waals surface area contributed by atoms with Gasteiger partial charge in [-0.25, -0.2) is 0 Å². The number of carbonyl (C=O) groups excluding carboxylic acids is 4. The van der Waals surface area contributed by atoms with Crippen LogP contribution in [0.1, 0.15) is 13.3 Å². The van der Waals surface area contributed by atoms with Crippen molar-refractivity contribution in [2.45, 2.75) is 13.3 Å². The smallest absolute Gasteiger partial charge is 0.326 e. The number of hydrogen-bond donors (Lipinski definition) is 1. The molecular weight excluding hydrogens is 376 g/mol. The zero-order valence-corrected chi connectivity index (χ0v) is 16.0. The quantitative estimate of drug-likeness (QED) is 0.423. The number of nitrogens with zero attached hydrogens (tertiary/aromatic N) is 1. The Balaban J connectivity index is 1.25. The number of anilines is 1. The van der Waals surface area contributed by atoms with Crippen molar-refractivity contribution in [2.75, 3.05) is 25.1 Å². The maximum absolute atomic E-state index is 12.5. The van der Waals surface area contributed by atoms with E-state index in [0.717, 1.165) is 11.3 Å². The second-order valence-electron chi connectivity index (χ2n) is 7.43. The van der Waals surface area contributed by atoms with Gasteiger partial charge >= 0.3 is 5.97 Å². The molecule has 2 aliphatic carbocycles. The zero-order chi connectivity index (χ0) is 20.5. The molecule has 0 aromatic heterocycles. The number of imide groups is 1. The molecule has 8 nitrogen and oxygen atoms in total. The molecule has 1 aliphatic heterocycles. The molecule has 4 rings (SSSR count). The van der Waals surface area contributed by atoms with Crippen LogP contribution in [0.15, 0.2) is 36.4 Å². The van der Waals surface area contributed by atoms with E-state index in [1.165, 1.54) is 0 Å². The number of benzene rings is 1. The van der Waals surface area contributed by atoms with Gasteiger partial charge in [0, 0.05) is 5.69 Å². The first-order valence-corrected chi connectivity index (χ1v) is 9.69. The molecule has 4 atom stereocenters. The summed E-state index contributed by atoms with van der Waals surface area (Å²) in [6.07, 6.45) is 4.81. The fraction of sp³-hybridized carbons (Fsp3) is 0.429. The van der Waals surface area contributed by atoms with Crippen LogP contribution in [0.25, 0.3) is 0 Å². The Kier molecular flexibility index (Phi) is 5.08. The van der Waals surface area contributed by atoms with E-state index in [0.29, 0.717) is 18.0 Å². The maximum Gasteiger partial charge on any atom is 0.326 e. The van der Waals surface area contributed by atoms with Crippen LogP contribution in [-0.2, 0) is 23.9 Å². The van der Waals surface area contributed by atoms with Gasteiger partial charge in [-0.2, -0.15) is 0 Å². The van der Waals surface area contributed by atoms with Gasteiger partial charge in [-0.05, 0) is 49.4 Å². The molecule has 1 N–H and O–H groups in total. The first kappa shape index (κ1) is 19.2. The van der Waals surface area contributed by atoms with Gasteiger partial charge in [0.15, 0.2) is 6.61 Å². The summed E-state index contributed by atoms with van der Waals surface area (Å²) in [5.74, 6) is -1.77. The summed E-state index contributed by atoms with van der Waals surface area (Å²) >= 11 is 0. The van der Waals surface area contributed by atoms with Crippen molar-refractivity contribution in [3.63, 3.8) is 0 Å². The number of fused-ring (bicyclic) bond motifs is 5. The molecule has 1 saturated carbocycles. The van der Waals surface area contributed by atoms with Crippen LogP contribution in [0.3, 0.4) is 0 Å². The van der Waals surface area contributed by atoms with Gasteiger partial charge in [0.05, 0.1) is 18.4 Å². The van der Waals surface area contributed by atoms with Crippen LogP contribution in [0.4, 0.5) is 5.69 Å². The van der Waals surface area contributed by atoms with Crippen LogP contribution in [0.5, 0.6) is 5.75 Å². The van der Waals surface area contributed by atoms with Gasteiger partial charge in [0.1, 0.15) is 12.3 Å². The first-order valence-electron chi connectivity index (χ1n) is 9.69. The third-order valence-electron chi connectivity index (χ3n) is 5.66. The Morgan fingerprint density at radius 3 is 2.28 bits per heavy atom. The maximum atomic E-state index is 12.5.